The first-order valence-corrected chi connectivity index (χ1v) is 11.0. The molecule has 0 spiro atoms. The van der Waals surface area contributed by atoms with Crippen LogP contribution in [0.15, 0.2) is 78.9 Å². The summed E-state index contributed by atoms with van der Waals surface area (Å²) in [5.41, 5.74) is 0.415. The summed E-state index contributed by atoms with van der Waals surface area (Å²) in [6, 6.07) is 14.9. The Morgan fingerprint density at radius 3 is 2.67 bits per heavy atom. The highest BCUT2D eigenvalue weighted by molar-refractivity contribution is 6.31. The van der Waals surface area contributed by atoms with Gasteiger partial charge in [-0.1, -0.05) is 60.7 Å². The molecule has 3 aromatic carbocycles. The molecule has 1 saturated heterocycles. The van der Waals surface area contributed by atoms with Gasteiger partial charge in [-0.15, -0.1) is 0 Å². The predicted molar refractivity (Wildman–Crippen MR) is 127 cm³/mol. The summed E-state index contributed by atoms with van der Waals surface area (Å²) in [4.78, 5) is 28.6. The first kappa shape index (κ1) is 21.4. The van der Waals surface area contributed by atoms with Gasteiger partial charge in [0.05, 0.1) is 22.0 Å². The van der Waals surface area contributed by atoms with E-state index in [1.807, 2.05) is 36.4 Å². The molecule has 1 fully saturated rings. The standard InChI is InChI=1S/C27H21ClFNO3/c1-3-15-8-11-19-25(32)30(17-10-12-21(29)20(28)14-17)26(33)27(19,2)24(15)23-18-7-5-4-6-16(18)9-13-22(23)31/h3-10,12-14,19,24,31H,1,11H2,2H3/t19-,24+,27+/m0/s1. The zero-order valence-electron chi connectivity index (χ0n) is 17.9. The van der Waals surface area contributed by atoms with Gasteiger partial charge in [-0.3, -0.25) is 9.59 Å². The van der Waals surface area contributed by atoms with E-state index >= 15 is 0 Å². The van der Waals surface area contributed by atoms with Crippen molar-refractivity contribution in [1.82, 2.24) is 0 Å². The molecule has 1 aliphatic heterocycles. The van der Waals surface area contributed by atoms with E-state index in [0.717, 1.165) is 27.3 Å². The number of fused-ring (bicyclic) bond motifs is 2. The van der Waals surface area contributed by atoms with Gasteiger partial charge in [-0.05, 0) is 54.0 Å². The number of nitrogens with zero attached hydrogens (tertiary/aromatic N) is 1. The maximum absolute atomic E-state index is 14.0. The molecule has 1 aliphatic carbocycles. The number of carbonyl (C=O) groups excluding carboxylic acids is 2. The number of phenolic OH excluding ortho intramolecular Hbond substituents is 1. The minimum atomic E-state index is -1.18. The molecule has 0 bridgehead atoms. The fraction of sp³-hybridized carbons (Fsp3) is 0.185. The van der Waals surface area contributed by atoms with Gasteiger partial charge in [-0.25, -0.2) is 9.29 Å². The fourth-order valence-electron chi connectivity index (χ4n) is 5.41. The summed E-state index contributed by atoms with van der Waals surface area (Å²) < 4.78 is 13.8. The first-order valence-electron chi connectivity index (χ1n) is 10.7. The number of allylic oxidation sites excluding steroid dienone is 3. The normalized spacial score (nSPS) is 24.7. The van der Waals surface area contributed by atoms with Crippen LogP contribution in [0.4, 0.5) is 10.1 Å². The van der Waals surface area contributed by atoms with Crippen LogP contribution in [0.3, 0.4) is 0 Å². The molecule has 1 N–H and O–H groups in total. The quantitative estimate of drug-likeness (QED) is 0.477. The van der Waals surface area contributed by atoms with Gasteiger partial charge >= 0.3 is 0 Å². The summed E-state index contributed by atoms with van der Waals surface area (Å²) in [5.74, 6) is -2.61. The third-order valence-electron chi connectivity index (χ3n) is 7.06. The first-order chi connectivity index (χ1) is 15.8. The minimum absolute atomic E-state index is 0.0526. The lowest BCUT2D eigenvalue weighted by molar-refractivity contribution is -0.127. The molecule has 0 unspecified atom stereocenters. The molecular weight excluding hydrogens is 441 g/mol. The molecule has 5 rings (SSSR count). The second-order valence-electron chi connectivity index (χ2n) is 8.71. The Morgan fingerprint density at radius 1 is 1.18 bits per heavy atom. The molecule has 2 aliphatic rings. The molecule has 0 saturated carbocycles. The number of halogens is 2. The van der Waals surface area contributed by atoms with Crippen molar-refractivity contribution in [2.24, 2.45) is 11.3 Å². The van der Waals surface area contributed by atoms with Gasteiger partial charge in [0.1, 0.15) is 11.6 Å². The lowest BCUT2D eigenvalue weighted by Gasteiger charge is -2.40. The smallest absolute Gasteiger partial charge is 0.241 e. The van der Waals surface area contributed by atoms with E-state index in [1.165, 1.54) is 12.1 Å². The SMILES string of the molecule is C=CC1=CC[C@H]2C(=O)N(c3ccc(F)c(Cl)c3)C(=O)[C@@]2(C)[C@H]1c1c(O)ccc2ccccc12. The number of anilines is 1. The molecule has 166 valence electrons. The average molecular weight is 462 g/mol. The highest BCUT2D eigenvalue weighted by Gasteiger charge is 2.62. The monoisotopic (exact) mass is 461 g/mol. The molecule has 1 heterocycles. The fourth-order valence-corrected chi connectivity index (χ4v) is 5.59. The highest BCUT2D eigenvalue weighted by atomic mass is 35.5. The van der Waals surface area contributed by atoms with E-state index in [-0.39, 0.29) is 22.4 Å². The summed E-state index contributed by atoms with van der Waals surface area (Å²) >= 11 is 5.95. The molecular formula is C27H21ClFNO3. The van der Waals surface area contributed by atoms with Crippen LogP contribution >= 0.6 is 11.6 Å². The maximum Gasteiger partial charge on any atom is 0.241 e. The van der Waals surface area contributed by atoms with Gasteiger partial charge in [0.25, 0.3) is 0 Å². The Kier molecular flexibility index (Phi) is 4.91. The minimum Gasteiger partial charge on any atom is -0.508 e. The van der Waals surface area contributed by atoms with Crippen molar-refractivity contribution in [2.45, 2.75) is 19.3 Å². The van der Waals surface area contributed by atoms with Gasteiger partial charge in [0, 0.05) is 11.5 Å². The van der Waals surface area contributed by atoms with Crippen molar-refractivity contribution < 1.29 is 19.1 Å². The summed E-state index contributed by atoms with van der Waals surface area (Å²) in [7, 11) is 0. The largest absolute Gasteiger partial charge is 0.508 e. The van der Waals surface area contributed by atoms with E-state index < -0.39 is 29.0 Å². The Balaban J connectivity index is 1.74. The van der Waals surface area contributed by atoms with Crippen molar-refractivity contribution in [2.75, 3.05) is 4.90 Å². The van der Waals surface area contributed by atoms with Crippen LogP contribution < -0.4 is 4.90 Å². The summed E-state index contributed by atoms with van der Waals surface area (Å²) in [5, 5.41) is 12.5. The van der Waals surface area contributed by atoms with Gasteiger partial charge < -0.3 is 5.11 Å². The van der Waals surface area contributed by atoms with Crippen LogP contribution in [0.1, 0.15) is 24.8 Å². The summed E-state index contributed by atoms with van der Waals surface area (Å²) in [6.07, 6.45) is 3.95. The van der Waals surface area contributed by atoms with Crippen molar-refractivity contribution in [1.29, 1.82) is 0 Å². The van der Waals surface area contributed by atoms with Crippen molar-refractivity contribution in [3.8, 4) is 5.75 Å². The van der Waals surface area contributed by atoms with Crippen molar-refractivity contribution >= 4 is 39.9 Å². The van der Waals surface area contributed by atoms with Crippen LogP contribution in [0.25, 0.3) is 10.8 Å². The second-order valence-corrected chi connectivity index (χ2v) is 9.12. The number of benzene rings is 3. The van der Waals surface area contributed by atoms with Crippen LogP contribution in [0.2, 0.25) is 5.02 Å². The number of carbonyl (C=O) groups is 2. The molecule has 0 aromatic heterocycles. The summed E-state index contributed by atoms with van der Waals surface area (Å²) in [6.45, 7) is 5.71. The van der Waals surface area contributed by atoms with E-state index in [1.54, 1.807) is 19.1 Å². The Morgan fingerprint density at radius 2 is 1.94 bits per heavy atom. The van der Waals surface area contributed by atoms with Crippen LogP contribution in [-0.4, -0.2) is 16.9 Å². The molecule has 6 heteroatoms. The van der Waals surface area contributed by atoms with Gasteiger partial charge in [-0.2, -0.15) is 0 Å². The zero-order chi connectivity index (χ0) is 23.5. The topological polar surface area (TPSA) is 57.6 Å². The van der Waals surface area contributed by atoms with E-state index in [9.17, 15) is 19.1 Å². The average Bonchev–Trinajstić information content (AvgIpc) is 3.01. The lowest BCUT2D eigenvalue weighted by Crippen LogP contribution is -2.41. The van der Waals surface area contributed by atoms with Gasteiger partial charge in [0.2, 0.25) is 11.8 Å². The highest BCUT2D eigenvalue weighted by Crippen LogP contribution is 2.59. The predicted octanol–water partition coefficient (Wildman–Crippen LogP) is 6.13. The number of hydrogen-bond donors (Lipinski definition) is 1. The molecule has 33 heavy (non-hydrogen) atoms. The number of phenols is 1. The third-order valence-corrected chi connectivity index (χ3v) is 7.35. The van der Waals surface area contributed by atoms with E-state index in [0.29, 0.717) is 12.0 Å². The Labute approximate surface area is 195 Å². The maximum atomic E-state index is 14.0. The Bertz CT molecular complexity index is 1380. The van der Waals surface area contributed by atoms with Gasteiger partial charge in [0.15, 0.2) is 0 Å². The number of aromatic hydroxyl groups is 1. The molecule has 2 amide bonds. The second kappa shape index (κ2) is 7.56. The number of amides is 2. The van der Waals surface area contributed by atoms with Crippen molar-refractivity contribution in [3.63, 3.8) is 0 Å². The molecule has 3 atom stereocenters. The van der Waals surface area contributed by atoms with Crippen molar-refractivity contribution in [3.05, 3.63) is 95.3 Å². The number of hydrogen-bond acceptors (Lipinski definition) is 3. The van der Waals surface area contributed by atoms with Crippen LogP contribution in [-0.2, 0) is 9.59 Å². The third kappa shape index (κ3) is 2.96. The number of rotatable bonds is 3. The molecule has 4 nitrogen and oxygen atoms in total. The molecule has 3 aromatic rings. The van der Waals surface area contributed by atoms with Crippen LogP contribution in [0, 0.1) is 17.2 Å². The van der Waals surface area contributed by atoms with E-state index in [4.69, 9.17) is 11.6 Å². The van der Waals surface area contributed by atoms with E-state index in [2.05, 4.69) is 6.58 Å². The molecule has 0 radical (unpaired) electrons. The Hall–Kier alpha value is -3.44. The van der Waals surface area contributed by atoms with Crippen LogP contribution in [0.5, 0.6) is 5.75 Å². The lowest BCUT2D eigenvalue weighted by atomic mass is 9.59. The number of imide groups is 1. The zero-order valence-corrected chi connectivity index (χ0v) is 18.6.